The molecule has 0 saturated heterocycles. The molecule has 0 saturated carbocycles. The van der Waals surface area contributed by atoms with Gasteiger partial charge >= 0.3 is 0 Å². The van der Waals surface area contributed by atoms with Gasteiger partial charge in [0.05, 0.1) is 57.9 Å². The van der Waals surface area contributed by atoms with Crippen LogP contribution in [0.5, 0.6) is 11.5 Å². The predicted octanol–water partition coefficient (Wildman–Crippen LogP) is 11.9. The monoisotopic (exact) mass is 835 g/mol. The van der Waals surface area contributed by atoms with E-state index in [9.17, 15) is 15.8 Å². The first-order valence-electron chi connectivity index (χ1n) is 16.5. The van der Waals surface area contributed by atoms with E-state index < -0.39 is 0 Å². The molecule has 2 aromatic carbocycles. The third-order valence-electron chi connectivity index (χ3n) is 7.82. The topological polar surface area (TPSA) is 89.8 Å². The molecule has 52 heavy (non-hydrogen) atoms. The standard InChI is InChI=1S/C39H37N3O2S8/c1-4-5-16-45-36-37(46-17-6-13-40)50-34(49-36)30-20-26-9-11-27(12-10-26)21-31(23-29-25-32(43-2)28(22-30)24-33(29)44-3)35-51-38(47-18-7-14-41)39(52-35)48-19-8-15-42/h1,9-12,24-25H,5-8,16-23H2,2-3H3/b34-30+. The Bertz CT molecular complexity index is 1720. The molecule has 8 rings (SSSR count). The van der Waals surface area contributed by atoms with E-state index in [0.717, 1.165) is 58.5 Å². The van der Waals surface area contributed by atoms with Crippen LogP contribution in [0.15, 0.2) is 73.0 Å². The highest BCUT2D eigenvalue weighted by atomic mass is 32.3. The first-order valence-corrected chi connectivity index (χ1v) is 23.7. The SMILES string of the molecule is C#CCCSC1=C(SCCC#N)S/C(=C2\Cc3ccc(cc3)CC(=C3SC(SCCC#N)=C(SCCC#N)S3)Cc3cc(OC)c(cc3OC)C2)S1. The van der Waals surface area contributed by atoms with Crippen molar-refractivity contribution in [3.05, 3.63) is 95.2 Å². The molecule has 5 nitrogen and oxygen atoms in total. The first kappa shape index (κ1) is 41.0. The van der Waals surface area contributed by atoms with E-state index in [-0.39, 0.29) is 0 Å². The Kier molecular flexibility index (Phi) is 17.1. The fourth-order valence-electron chi connectivity index (χ4n) is 5.40. The van der Waals surface area contributed by atoms with Crippen LogP contribution in [0.1, 0.15) is 47.9 Å². The predicted molar refractivity (Wildman–Crippen MR) is 233 cm³/mol. The zero-order chi connectivity index (χ0) is 36.7. The number of nitriles is 3. The van der Waals surface area contributed by atoms with Gasteiger partial charge < -0.3 is 9.47 Å². The van der Waals surface area contributed by atoms with Crippen molar-refractivity contribution in [2.45, 2.75) is 51.4 Å². The van der Waals surface area contributed by atoms with Crippen LogP contribution in [0.4, 0.5) is 0 Å². The van der Waals surface area contributed by atoms with Gasteiger partial charge in [0.1, 0.15) is 11.5 Å². The molecule has 6 aliphatic rings. The van der Waals surface area contributed by atoms with Gasteiger partial charge in [-0.3, -0.25) is 0 Å². The molecular weight excluding hydrogens is 799 g/mol. The number of methoxy groups -OCH3 is 2. The Hall–Kier alpha value is -2.17. The van der Waals surface area contributed by atoms with Crippen LogP contribution < -0.4 is 9.47 Å². The van der Waals surface area contributed by atoms with Crippen LogP contribution in [0.2, 0.25) is 0 Å². The Morgan fingerprint density at radius 1 is 0.577 bits per heavy atom. The Morgan fingerprint density at radius 2 is 0.923 bits per heavy atom. The molecule has 13 heteroatoms. The van der Waals surface area contributed by atoms with Crippen LogP contribution in [0.3, 0.4) is 0 Å². The van der Waals surface area contributed by atoms with Gasteiger partial charge in [-0.05, 0) is 60.1 Å². The van der Waals surface area contributed by atoms with E-state index >= 15 is 0 Å². The van der Waals surface area contributed by atoms with Crippen LogP contribution in [0, 0.1) is 46.3 Å². The van der Waals surface area contributed by atoms with Crippen molar-refractivity contribution >= 4 is 94.1 Å². The zero-order valence-corrected chi connectivity index (χ0v) is 35.5. The fourth-order valence-corrected chi connectivity index (χ4v) is 16.9. The van der Waals surface area contributed by atoms with Gasteiger partial charge in [-0.25, -0.2) is 0 Å². The second kappa shape index (κ2) is 21.7. The smallest absolute Gasteiger partial charge is 0.122 e. The number of hydrogen-bond acceptors (Lipinski definition) is 13. The Labute approximate surface area is 342 Å². The van der Waals surface area contributed by atoms with Crippen molar-refractivity contribution in [3.8, 4) is 42.1 Å². The lowest BCUT2D eigenvalue weighted by Gasteiger charge is -2.20. The normalized spacial score (nSPS) is 17.2. The van der Waals surface area contributed by atoms with E-state index in [1.165, 1.54) is 47.7 Å². The van der Waals surface area contributed by atoms with Gasteiger partial charge in [-0.2, -0.15) is 15.8 Å². The Morgan fingerprint density at radius 3 is 1.23 bits per heavy atom. The molecule has 0 fully saturated rings. The van der Waals surface area contributed by atoms with E-state index in [4.69, 9.17) is 15.9 Å². The highest BCUT2D eigenvalue weighted by Gasteiger charge is 2.28. The summed E-state index contributed by atoms with van der Waals surface area (Å²) in [6, 6.07) is 20.2. The molecule has 2 heterocycles. The molecule has 4 aliphatic carbocycles. The second-order valence-electron chi connectivity index (χ2n) is 11.4. The van der Waals surface area contributed by atoms with E-state index in [2.05, 4.69) is 60.5 Å². The molecule has 4 bridgehead atoms. The highest BCUT2D eigenvalue weighted by molar-refractivity contribution is 8.41. The lowest BCUT2D eigenvalue weighted by atomic mass is 9.92. The van der Waals surface area contributed by atoms with Crippen molar-refractivity contribution in [2.24, 2.45) is 0 Å². The number of thioether (sulfide) groups is 8. The molecule has 0 radical (unpaired) electrons. The number of benzene rings is 2. The summed E-state index contributed by atoms with van der Waals surface area (Å²) < 4.78 is 19.7. The number of nitrogens with zero attached hydrogens (tertiary/aromatic N) is 3. The number of terminal acetylenes is 1. The first-order chi connectivity index (χ1) is 25.5. The average molecular weight is 836 g/mol. The third kappa shape index (κ3) is 11.4. The number of ether oxygens (including phenoxy) is 2. The van der Waals surface area contributed by atoms with Gasteiger partial charge in [-0.15, -0.1) is 59.4 Å². The lowest BCUT2D eigenvalue weighted by molar-refractivity contribution is 0.396. The van der Waals surface area contributed by atoms with Crippen molar-refractivity contribution in [1.29, 1.82) is 15.8 Å². The maximum absolute atomic E-state index is 9.19. The number of rotatable bonds is 14. The molecule has 0 unspecified atom stereocenters. The molecule has 0 aromatic heterocycles. The van der Waals surface area contributed by atoms with Crippen LogP contribution >= 0.6 is 94.1 Å². The van der Waals surface area contributed by atoms with E-state index in [1.807, 2.05) is 35.3 Å². The van der Waals surface area contributed by atoms with Crippen molar-refractivity contribution in [3.63, 3.8) is 0 Å². The van der Waals surface area contributed by atoms with Crippen LogP contribution in [-0.4, -0.2) is 37.2 Å². The van der Waals surface area contributed by atoms with Gasteiger partial charge in [0, 0.05) is 59.8 Å². The average Bonchev–Trinajstić information content (AvgIpc) is 3.76. The molecule has 268 valence electrons. The summed E-state index contributed by atoms with van der Waals surface area (Å²) in [6.07, 6.45) is 10.8. The van der Waals surface area contributed by atoms with Crippen molar-refractivity contribution < 1.29 is 9.47 Å². The maximum Gasteiger partial charge on any atom is 0.122 e. The molecule has 0 spiro atoms. The second-order valence-corrected chi connectivity index (χ2v) is 21.5. The summed E-state index contributed by atoms with van der Waals surface area (Å²) in [5.41, 5.74) is 7.31. The molecular formula is C39H37N3O2S8. The van der Waals surface area contributed by atoms with Gasteiger partial charge in [0.2, 0.25) is 0 Å². The molecule has 0 N–H and O–H groups in total. The largest absolute Gasteiger partial charge is 0.496 e. The summed E-state index contributed by atoms with van der Waals surface area (Å²) in [5.74, 6) is 7.59. The van der Waals surface area contributed by atoms with Gasteiger partial charge in [-0.1, -0.05) is 71.3 Å². The molecule has 0 atom stereocenters. The summed E-state index contributed by atoms with van der Waals surface area (Å²) in [5, 5.41) is 27.5. The minimum absolute atomic E-state index is 0.499. The molecule has 2 aromatic rings. The summed E-state index contributed by atoms with van der Waals surface area (Å²) >= 11 is 14.3. The van der Waals surface area contributed by atoms with Crippen molar-refractivity contribution in [1.82, 2.24) is 0 Å². The van der Waals surface area contributed by atoms with Crippen LogP contribution in [-0.2, 0) is 25.7 Å². The van der Waals surface area contributed by atoms with Gasteiger partial charge in [0.25, 0.3) is 0 Å². The zero-order valence-electron chi connectivity index (χ0n) is 29.0. The van der Waals surface area contributed by atoms with Crippen molar-refractivity contribution in [2.75, 3.05) is 37.2 Å². The quantitative estimate of drug-likeness (QED) is 0.134. The molecule has 0 amide bonds. The third-order valence-corrected chi connectivity index (χ3v) is 19.2. The summed E-state index contributed by atoms with van der Waals surface area (Å²) in [6.45, 7) is 0. The fraction of sp³-hybridized carbons (Fsp3) is 0.359. The maximum atomic E-state index is 9.19. The van der Waals surface area contributed by atoms with E-state index in [1.54, 1.807) is 73.0 Å². The Balaban J connectivity index is 1.52. The van der Waals surface area contributed by atoms with E-state index in [0.29, 0.717) is 38.5 Å². The number of allylic oxidation sites excluding steroid dienone is 2. The summed E-state index contributed by atoms with van der Waals surface area (Å²) in [4.78, 5) is 0. The minimum atomic E-state index is 0.499. The van der Waals surface area contributed by atoms with Gasteiger partial charge in [0.15, 0.2) is 0 Å². The minimum Gasteiger partial charge on any atom is -0.496 e. The molecule has 2 aliphatic heterocycles. The number of hydrogen-bond donors (Lipinski definition) is 0. The summed E-state index contributed by atoms with van der Waals surface area (Å²) in [7, 11) is 3.49. The lowest BCUT2D eigenvalue weighted by Crippen LogP contribution is -2.06. The highest BCUT2D eigenvalue weighted by Crippen LogP contribution is 2.60. The van der Waals surface area contributed by atoms with Crippen LogP contribution in [0.25, 0.3) is 0 Å².